The molecule has 0 aliphatic carbocycles. The number of hydrogen-bond donors (Lipinski definition) is 1. The molecule has 0 aliphatic rings. The second kappa shape index (κ2) is 8.20. The maximum absolute atomic E-state index is 12.8. The first-order chi connectivity index (χ1) is 14.4. The zero-order chi connectivity index (χ0) is 21.3. The molecule has 3 heterocycles. The Hall–Kier alpha value is -3.32. The minimum absolute atomic E-state index is 0.307. The third-order valence-electron chi connectivity index (χ3n) is 4.91. The van der Waals surface area contributed by atoms with E-state index in [0.29, 0.717) is 45.5 Å². The topological polar surface area (TPSA) is 85.6 Å². The van der Waals surface area contributed by atoms with E-state index in [-0.39, 0.29) is 5.91 Å². The largest absolute Gasteiger partial charge is 0.322 e. The summed E-state index contributed by atoms with van der Waals surface area (Å²) in [4.78, 5) is 25.4. The molecule has 30 heavy (non-hydrogen) atoms. The molecule has 0 fully saturated rings. The Bertz CT molecular complexity index is 1200. The zero-order valence-electron chi connectivity index (χ0n) is 16.9. The smallest absolute Gasteiger partial charge is 0.258 e. The van der Waals surface area contributed by atoms with Gasteiger partial charge in [0.05, 0.1) is 33.9 Å². The third-order valence-corrected chi connectivity index (χ3v) is 5.30. The molecule has 0 bridgehead atoms. The lowest BCUT2D eigenvalue weighted by Gasteiger charge is -2.10. The predicted molar refractivity (Wildman–Crippen MR) is 117 cm³/mol. The van der Waals surface area contributed by atoms with Gasteiger partial charge in [-0.3, -0.25) is 4.79 Å². The van der Waals surface area contributed by atoms with Crippen LogP contribution in [0.1, 0.15) is 47.1 Å². The summed E-state index contributed by atoms with van der Waals surface area (Å²) in [6, 6.07) is 9.60. The fraction of sp³-hybridized carbons (Fsp3) is 0.227. The lowest BCUT2D eigenvalue weighted by Crippen LogP contribution is -2.13. The van der Waals surface area contributed by atoms with Crippen LogP contribution in [0.15, 0.2) is 49.1 Å². The van der Waals surface area contributed by atoms with Crippen molar-refractivity contribution in [3.8, 4) is 0 Å². The molecular weight excluding hydrogens is 400 g/mol. The maximum atomic E-state index is 12.8. The van der Waals surface area contributed by atoms with Crippen molar-refractivity contribution in [2.24, 2.45) is 0 Å². The average Bonchev–Trinajstić information content (AvgIpc) is 3.05. The molecular formula is C22H21ClN6O. The van der Waals surface area contributed by atoms with Crippen LogP contribution >= 0.6 is 11.6 Å². The van der Waals surface area contributed by atoms with Crippen LogP contribution in [0.2, 0.25) is 5.02 Å². The van der Waals surface area contributed by atoms with Gasteiger partial charge in [-0.1, -0.05) is 37.6 Å². The predicted octanol–water partition coefficient (Wildman–Crippen LogP) is 4.61. The third kappa shape index (κ3) is 3.89. The van der Waals surface area contributed by atoms with E-state index < -0.39 is 0 Å². The first-order valence-corrected chi connectivity index (χ1v) is 9.99. The number of carbonyl (C=O) groups excluding carboxylic acids is 1. The average molecular weight is 421 g/mol. The van der Waals surface area contributed by atoms with Gasteiger partial charge in [0, 0.05) is 18.1 Å². The summed E-state index contributed by atoms with van der Waals surface area (Å²) < 4.78 is 1.73. The van der Waals surface area contributed by atoms with E-state index in [9.17, 15) is 4.79 Å². The SMILES string of the molecule is Cc1nn(Cc2ccncn2)c2ncc(C(=O)Nc3ccc(C(C)C)cc3)c(Cl)c12. The van der Waals surface area contributed by atoms with Crippen molar-refractivity contribution in [3.63, 3.8) is 0 Å². The Kier molecular flexibility index (Phi) is 5.46. The van der Waals surface area contributed by atoms with Crippen molar-refractivity contribution in [2.45, 2.75) is 33.2 Å². The van der Waals surface area contributed by atoms with Gasteiger partial charge in [0.15, 0.2) is 5.65 Å². The highest BCUT2D eigenvalue weighted by Gasteiger charge is 2.20. The van der Waals surface area contributed by atoms with E-state index in [0.717, 1.165) is 5.69 Å². The highest BCUT2D eigenvalue weighted by molar-refractivity contribution is 6.39. The lowest BCUT2D eigenvalue weighted by molar-refractivity contribution is 0.102. The summed E-state index contributed by atoms with van der Waals surface area (Å²) in [6.45, 7) is 6.53. The van der Waals surface area contributed by atoms with Crippen LogP contribution in [0.5, 0.6) is 0 Å². The number of fused-ring (bicyclic) bond motifs is 1. The van der Waals surface area contributed by atoms with E-state index >= 15 is 0 Å². The van der Waals surface area contributed by atoms with Gasteiger partial charge in [0.1, 0.15) is 6.33 Å². The number of carbonyl (C=O) groups is 1. The molecule has 0 aliphatic heterocycles. The van der Waals surface area contributed by atoms with Gasteiger partial charge in [-0.05, 0) is 36.6 Å². The van der Waals surface area contributed by atoms with Crippen LogP contribution in [0.4, 0.5) is 5.69 Å². The molecule has 0 saturated carbocycles. The van der Waals surface area contributed by atoms with Gasteiger partial charge < -0.3 is 5.32 Å². The van der Waals surface area contributed by atoms with E-state index in [4.69, 9.17) is 11.6 Å². The van der Waals surface area contributed by atoms with Gasteiger partial charge in [-0.15, -0.1) is 0 Å². The summed E-state index contributed by atoms with van der Waals surface area (Å²) in [5.74, 6) is 0.118. The molecule has 1 aromatic carbocycles. The second-order valence-corrected chi connectivity index (χ2v) is 7.74. The molecule has 1 N–H and O–H groups in total. The number of hydrogen-bond acceptors (Lipinski definition) is 5. The lowest BCUT2D eigenvalue weighted by atomic mass is 10.0. The highest BCUT2D eigenvalue weighted by atomic mass is 35.5. The van der Waals surface area contributed by atoms with Crippen LogP contribution in [-0.2, 0) is 6.54 Å². The van der Waals surface area contributed by atoms with Gasteiger partial charge in [-0.25, -0.2) is 19.6 Å². The molecule has 0 atom stereocenters. The number of benzene rings is 1. The number of aromatic nitrogens is 5. The summed E-state index contributed by atoms with van der Waals surface area (Å²) >= 11 is 6.61. The number of pyridine rings is 1. The molecule has 8 heteroatoms. The van der Waals surface area contributed by atoms with Gasteiger partial charge in [-0.2, -0.15) is 5.10 Å². The van der Waals surface area contributed by atoms with Crippen molar-refractivity contribution < 1.29 is 4.79 Å². The van der Waals surface area contributed by atoms with Crippen LogP contribution < -0.4 is 5.32 Å². The standard InChI is InChI=1S/C22H21ClN6O/c1-13(2)15-4-6-16(7-5-15)27-22(30)18-10-25-21-19(20(18)23)14(3)28-29(21)11-17-8-9-24-12-26-17/h4-10,12-13H,11H2,1-3H3,(H,27,30). The quantitative estimate of drug-likeness (QED) is 0.509. The van der Waals surface area contributed by atoms with Crippen LogP contribution in [0.3, 0.4) is 0 Å². The van der Waals surface area contributed by atoms with E-state index in [1.54, 1.807) is 10.9 Å². The molecule has 4 aromatic rings. The van der Waals surface area contributed by atoms with Gasteiger partial charge >= 0.3 is 0 Å². The minimum atomic E-state index is -0.311. The maximum Gasteiger partial charge on any atom is 0.258 e. The van der Waals surface area contributed by atoms with Crippen LogP contribution in [-0.4, -0.2) is 30.6 Å². The molecule has 0 unspecified atom stereocenters. The van der Waals surface area contributed by atoms with Crippen molar-refractivity contribution in [2.75, 3.05) is 5.32 Å². The Morgan fingerprint density at radius 1 is 1.17 bits per heavy atom. The molecule has 1 amide bonds. The van der Waals surface area contributed by atoms with Crippen molar-refractivity contribution in [1.29, 1.82) is 0 Å². The second-order valence-electron chi connectivity index (χ2n) is 7.36. The number of halogens is 1. The fourth-order valence-corrected chi connectivity index (χ4v) is 3.61. The Balaban J connectivity index is 1.63. The first-order valence-electron chi connectivity index (χ1n) is 9.62. The number of nitrogens with one attached hydrogen (secondary N) is 1. The summed E-state index contributed by atoms with van der Waals surface area (Å²) in [7, 11) is 0. The molecule has 7 nitrogen and oxygen atoms in total. The summed E-state index contributed by atoms with van der Waals surface area (Å²) in [5, 5.41) is 8.42. The first kappa shape index (κ1) is 20.0. The van der Waals surface area contributed by atoms with Gasteiger partial charge in [0.2, 0.25) is 0 Å². The highest BCUT2D eigenvalue weighted by Crippen LogP contribution is 2.29. The van der Waals surface area contributed by atoms with Crippen molar-refractivity contribution in [3.05, 3.63) is 76.6 Å². The Labute approximate surface area is 179 Å². The fourth-order valence-electron chi connectivity index (χ4n) is 3.26. The number of nitrogens with zero attached hydrogens (tertiary/aromatic N) is 5. The zero-order valence-corrected chi connectivity index (χ0v) is 17.7. The Morgan fingerprint density at radius 3 is 2.60 bits per heavy atom. The van der Waals surface area contributed by atoms with Crippen molar-refractivity contribution in [1.82, 2.24) is 24.7 Å². The number of aryl methyl sites for hydroxylation is 1. The monoisotopic (exact) mass is 420 g/mol. The van der Waals surface area contributed by atoms with E-state index in [2.05, 4.69) is 39.2 Å². The van der Waals surface area contributed by atoms with Gasteiger partial charge in [0.25, 0.3) is 5.91 Å². The van der Waals surface area contributed by atoms with Crippen molar-refractivity contribution >= 4 is 34.2 Å². The molecule has 3 aromatic heterocycles. The summed E-state index contributed by atoms with van der Waals surface area (Å²) in [6.07, 6.45) is 4.65. The molecule has 152 valence electrons. The normalized spacial score (nSPS) is 11.2. The van der Waals surface area contributed by atoms with Crippen LogP contribution in [0.25, 0.3) is 11.0 Å². The molecule has 0 spiro atoms. The van der Waals surface area contributed by atoms with Crippen LogP contribution in [0, 0.1) is 6.92 Å². The van der Waals surface area contributed by atoms with E-state index in [1.165, 1.54) is 18.1 Å². The number of amides is 1. The number of anilines is 1. The molecule has 4 rings (SSSR count). The number of rotatable bonds is 5. The molecule has 0 saturated heterocycles. The summed E-state index contributed by atoms with van der Waals surface area (Å²) in [5.41, 5.74) is 4.33. The van der Waals surface area contributed by atoms with E-state index in [1.807, 2.05) is 37.3 Å². The minimum Gasteiger partial charge on any atom is -0.322 e. The Morgan fingerprint density at radius 2 is 1.93 bits per heavy atom. The molecule has 0 radical (unpaired) electrons.